The number of benzene rings is 1. The molecule has 0 aliphatic carbocycles. The average Bonchev–Trinajstić information content (AvgIpc) is 2.85. The molecular weight excluding hydrogens is 230 g/mol. The molecule has 0 radical (unpaired) electrons. The van der Waals surface area contributed by atoms with Crippen molar-refractivity contribution in [2.24, 2.45) is 0 Å². The second kappa shape index (κ2) is 6.55. The van der Waals surface area contributed by atoms with Crippen LogP contribution in [0.4, 0.5) is 0 Å². The van der Waals surface area contributed by atoms with E-state index >= 15 is 0 Å². The van der Waals surface area contributed by atoms with Crippen LogP contribution in [0.2, 0.25) is 0 Å². The van der Waals surface area contributed by atoms with Crippen LogP contribution < -0.4 is 5.32 Å². The standard InChI is InChI=1S/C14H17NOS/c16-10-4-9-15-11-13-7-8-14(17-13)12-5-2-1-3-6-12/h1-3,5-8,15-16H,4,9-11H2. The van der Waals surface area contributed by atoms with Gasteiger partial charge in [0, 0.05) is 22.9 Å². The second-order valence-electron chi connectivity index (χ2n) is 3.89. The van der Waals surface area contributed by atoms with Crippen LogP contribution in [0.5, 0.6) is 0 Å². The molecule has 1 heterocycles. The third kappa shape index (κ3) is 3.66. The lowest BCUT2D eigenvalue weighted by Gasteiger charge is -2.00. The van der Waals surface area contributed by atoms with E-state index in [0.29, 0.717) is 0 Å². The van der Waals surface area contributed by atoms with Crippen LogP contribution in [0.3, 0.4) is 0 Å². The Morgan fingerprint density at radius 2 is 1.88 bits per heavy atom. The first kappa shape index (κ1) is 12.3. The van der Waals surface area contributed by atoms with Crippen molar-refractivity contribution in [3.8, 4) is 10.4 Å². The molecule has 0 aliphatic rings. The predicted molar refractivity (Wildman–Crippen MR) is 73.2 cm³/mol. The third-order valence-electron chi connectivity index (χ3n) is 2.53. The summed E-state index contributed by atoms with van der Waals surface area (Å²) in [6.45, 7) is 2.01. The Balaban J connectivity index is 1.92. The molecule has 17 heavy (non-hydrogen) atoms. The first-order chi connectivity index (χ1) is 8.40. The maximum absolute atomic E-state index is 8.68. The summed E-state index contributed by atoms with van der Waals surface area (Å²) < 4.78 is 0. The molecule has 0 fully saturated rings. The van der Waals surface area contributed by atoms with Crippen LogP contribution in [-0.4, -0.2) is 18.3 Å². The summed E-state index contributed by atoms with van der Waals surface area (Å²) >= 11 is 1.82. The van der Waals surface area contributed by atoms with Crippen molar-refractivity contribution < 1.29 is 5.11 Å². The van der Waals surface area contributed by atoms with Gasteiger partial charge in [0.05, 0.1) is 0 Å². The van der Waals surface area contributed by atoms with Crippen molar-refractivity contribution in [2.75, 3.05) is 13.2 Å². The van der Waals surface area contributed by atoms with Crippen LogP contribution in [0.25, 0.3) is 10.4 Å². The zero-order chi connectivity index (χ0) is 11.9. The Morgan fingerprint density at radius 3 is 2.65 bits per heavy atom. The normalized spacial score (nSPS) is 10.6. The molecular formula is C14H17NOS. The van der Waals surface area contributed by atoms with Gasteiger partial charge in [0.15, 0.2) is 0 Å². The number of thiophene rings is 1. The maximum atomic E-state index is 8.68. The van der Waals surface area contributed by atoms with Gasteiger partial charge in [0.1, 0.15) is 0 Å². The molecule has 90 valence electrons. The number of hydrogen-bond donors (Lipinski definition) is 2. The maximum Gasteiger partial charge on any atom is 0.0443 e. The summed E-state index contributed by atoms with van der Waals surface area (Å²) in [6, 6.07) is 14.8. The zero-order valence-electron chi connectivity index (χ0n) is 9.73. The van der Waals surface area contributed by atoms with Gasteiger partial charge in [-0.05, 0) is 30.7 Å². The van der Waals surface area contributed by atoms with Crippen molar-refractivity contribution in [3.63, 3.8) is 0 Å². The Labute approximate surface area is 106 Å². The molecule has 2 aromatic rings. The molecule has 0 saturated heterocycles. The minimum absolute atomic E-state index is 0.257. The first-order valence-corrected chi connectivity index (χ1v) is 6.67. The highest BCUT2D eigenvalue weighted by Crippen LogP contribution is 2.27. The van der Waals surface area contributed by atoms with Crippen LogP contribution >= 0.6 is 11.3 Å². The topological polar surface area (TPSA) is 32.3 Å². The minimum Gasteiger partial charge on any atom is -0.396 e. The number of rotatable bonds is 6. The van der Waals surface area contributed by atoms with E-state index in [1.54, 1.807) is 0 Å². The van der Waals surface area contributed by atoms with E-state index in [9.17, 15) is 0 Å². The Bertz CT molecular complexity index is 438. The van der Waals surface area contributed by atoms with Gasteiger partial charge in [-0.3, -0.25) is 0 Å². The van der Waals surface area contributed by atoms with Gasteiger partial charge in [0.25, 0.3) is 0 Å². The van der Waals surface area contributed by atoms with Crippen molar-refractivity contribution in [3.05, 3.63) is 47.3 Å². The van der Waals surface area contributed by atoms with E-state index in [0.717, 1.165) is 19.5 Å². The molecule has 0 bridgehead atoms. The van der Waals surface area contributed by atoms with E-state index in [-0.39, 0.29) is 6.61 Å². The summed E-state index contributed by atoms with van der Waals surface area (Å²) in [5, 5.41) is 12.0. The van der Waals surface area contributed by atoms with Crippen molar-refractivity contribution in [2.45, 2.75) is 13.0 Å². The number of hydrogen-bond acceptors (Lipinski definition) is 3. The van der Waals surface area contributed by atoms with Crippen molar-refractivity contribution >= 4 is 11.3 Å². The molecule has 0 aliphatic heterocycles. The molecule has 1 aromatic heterocycles. The zero-order valence-corrected chi connectivity index (χ0v) is 10.5. The molecule has 0 spiro atoms. The summed E-state index contributed by atoms with van der Waals surface area (Å²) in [4.78, 5) is 2.64. The number of aliphatic hydroxyl groups excluding tert-OH is 1. The van der Waals surface area contributed by atoms with Crippen LogP contribution in [0, 0.1) is 0 Å². The lowest BCUT2D eigenvalue weighted by molar-refractivity contribution is 0.286. The number of aliphatic hydroxyl groups is 1. The minimum atomic E-state index is 0.257. The second-order valence-corrected chi connectivity index (χ2v) is 5.05. The van der Waals surface area contributed by atoms with Crippen LogP contribution in [0.1, 0.15) is 11.3 Å². The fourth-order valence-corrected chi connectivity index (χ4v) is 2.63. The Kier molecular flexibility index (Phi) is 4.74. The fraction of sp³-hybridized carbons (Fsp3) is 0.286. The molecule has 0 saturated carbocycles. The van der Waals surface area contributed by atoms with Gasteiger partial charge >= 0.3 is 0 Å². The molecule has 2 nitrogen and oxygen atoms in total. The van der Waals surface area contributed by atoms with Gasteiger partial charge in [0.2, 0.25) is 0 Å². The highest BCUT2D eigenvalue weighted by atomic mass is 32.1. The fourth-order valence-electron chi connectivity index (χ4n) is 1.65. The average molecular weight is 247 g/mol. The highest BCUT2D eigenvalue weighted by Gasteiger charge is 2.01. The van der Waals surface area contributed by atoms with Gasteiger partial charge in [-0.1, -0.05) is 30.3 Å². The smallest absolute Gasteiger partial charge is 0.0443 e. The Morgan fingerprint density at radius 1 is 1.06 bits per heavy atom. The Hall–Kier alpha value is -1.16. The molecule has 3 heteroatoms. The van der Waals surface area contributed by atoms with E-state index in [1.807, 2.05) is 17.4 Å². The van der Waals surface area contributed by atoms with Gasteiger partial charge < -0.3 is 10.4 Å². The van der Waals surface area contributed by atoms with Crippen molar-refractivity contribution in [1.82, 2.24) is 5.32 Å². The monoisotopic (exact) mass is 247 g/mol. The van der Waals surface area contributed by atoms with Crippen molar-refractivity contribution in [1.29, 1.82) is 0 Å². The van der Waals surface area contributed by atoms with Gasteiger partial charge in [-0.2, -0.15) is 0 Å². The lowest BCUT2D eigenvalue weighted by atomic mass is 10.2. The molecule has 0 unspecified atom stereocenters. The van der Waals surface area contributed by atoms with E-state index in [2.05, 4.69) is 41.7 Å². The molecule has 1 aromatic carbocycles. The highest BCUT2D eigenvalue weighted by molar-refractivity contribution is 7.15. The van der Waals surface area contributed by atoms with Gasteiger partial charge in [-0.25, -0.2) is 0 Å². The molecule has 2 rings (SSSR count). The lowest BCUT2D eigenvalue weighted by Crippen LogP contribution is -2.14. The summed E-state index contributed by atoms with van der Waals surface area (Å²) in [5.41, 5.74) is 1.28. The van der Waals surface area contributed by atoms with Gasteiger partial charge in [-0.15, -0.1) is 11.3 Å². The third-order valence-corrected chi connectivity index (χ3v) is 3.67. The first-order valence-electron chi connectivity index (χ1n) is 5.86. The van der Waals surface area contributed by atoms with Crippen LogP contribution in [-0.2, 0) is 6.54 Å². The van der Waals surface area contributed by atoms with Crippen LogP contribution in [0.15, 0.2) is 42.5 Å². The van der Waals surface area contributed by atoms with E-state index in [4.69, 9.17) is 5.11 Å². The van der Waals surface area contributed by atoms with E-state index < -0.39 is 0 Å². The number of nitrogens with one attached hydrogen (secondary N) is 1. The summed E-state index contributed by atoms with van der Waals surface area (Å²) in [5.74, 6) is 0. The quantitative estimate of drug-likeness (QED) is 0.769. The summed E-state index contributed by atoms with van der Waals surface area (Å²) in [6.07, 6.45) is 0.816. The van der Waals surface area contributed by atoms with E-state index in [1.165, 1.54) is 15.3 Å². The predicted octanol–water partition coefficient (Wildman–Crippen LogP) is 2.89. The molecule has 2 N–H and O–H groups in total. The molecule has 0 atom stereocenters. The largest absolute Gasteiger partial charge is 0.396 e. The SMILES string of the molecule is OCCCNCc1ccc(-c2ccccc2)s1. The summed E-state index contributed by atoms with van der Waals surface area (Å²) in [7, 11) is 0. The molecule has 0 amide bonds.